The van der Waals surface area contributed by atoms with E-state index in [1.165, 1.54) is 12.4 Å². The van der Waals surface area contributed by atoms with Crippen LogP contribution < -0.4 is 5.32 Å². The lowest BCUT2D eigenvalue weighted by Gasteiger charge is -2.23. The highest BCUT2D eigenvalue weighted by Gasteiger charge is 2.42. The molecule has 0 aliphatic carbocycles. The molecule has 0 aliphatic rings. The number of rotatable bonds is 9. The van der Waals surface area contributed by atoms with Crippen molar-refractivity contribution >= 4 is 23.3 Å². The summed E-state index contributed by atoms with van der Waals surface area (Å²) in [5, 5.41) is 5.12. The number of nitrogens with one attached hydrogen (secondary N) is 1. The summed E-state index contributed by atoms with van der Waals surface area (Å²) in [6.45, 7) is 6.56. The van der Waals surface area contributed by atoms with Crippen LogP contribution in [0.3, 0.4) is 0 Å². The molecule has 38 heavy (non-hydrogen) atoms. The van der Waals surface area contributed by atoms with Gasteiger partial charge in [-0.3, -0.25) is 4.79 Å². The number of hydrogen-bond acceptors (Lipinski definition) is 5. The first-order chi connectivity index (χ1) is 17.6. The first-order valence-electron chi connectivity index (χ1n) is 11.2. The van der Waals surface area contributed by atoms with Crippen molar-refractivity contribution < 1.29 is 49.9 Å². The molecule has 2 rings (SSSR count). The molecule has 0 saturated heterocycles. The highest BCUT2D eigenvalue weighted by molar-refractivity contribution is 6.42. The molecule has 13 heteroatoms. The van der Waals surface area contributed by atoms with Gasteiger partial charge in [-0.1, -0.05) is 38.1 Å². The van der Waals surface area contributed by atoms with Crippen LogP contribution in [0, 0.1) is 29.2 Å². The number of ether oxygens (including phenoxy) is 1. The van der Waals surface area contributed by atoms with Gasteiger partial charge in [0.25, 0.3) is 5.91 Å². The van der Waals surface area contributed by atoms with E-state index in [2.05, 4.69) is 9.89 Å². The van der Waals surface area contributed by atoms with E-state index in [9.17, 15) is 40.3 Å². The number of carbonyl (C=O) groups excluding carboxylic acids is 2. The Morgan fingerprint density at radius 3 is 1.92 bits per heavy atom. The normalized spacial score (nSPS) is 13.8. The van der Waals surface area contributed by atoms with Crippen molar-refractivity contribution in [2.24, 2.45) is 11.1 Å². The quantitative estimate of drug-likeness (QED) is 0.126. The summed E-state index contributed by atoms with van der Waals surface area (Å²) in [5.41, 5.74) is -3.79. The molecular formula is C25H25F7N2O4. The second-order valence-corrected chi connectivity index (χ2v) is 8.77. The predicted octanol–water partition coefficient (Wildman–Crippen LogP) is 6.60. The Labute approximate surface area is 213 Å². The first-order valence-corrected chi connectivity index (χ1v) is 11.2. The predicted molar refractivity (Wildman–Crippen MR) is 124 cm³/mol. The van der Waals surface area contributed by atoms with E-state index in [0.29, 0.717) is 12.0 Å². The number of amides is 1. The molecule has 0 bridgehead atoms. The van der Waals surface area contributed by atoms with Crippen LogP contribution in [-0.2, 0) is 20.5 Å². The van der Waals surface area contributed by atoms with Gasteiger partial charge in [0.1, 0.15) is 23.1 Å². The Balaban J connectivity index is 2.17. The van der Waals surface area contributed by atoms with Crippen molar-refractivity contribution in [3.05, 3.63) is 64.2 Å². The van der Waals surface area contributed by atoms with Crippen LogP contribution in [0.2, 0.25) is 0 Å². The van der Waals surface area contributed by atoms with Crippen molar-refractivity contribution in [3.8, 4) is 0 Å². The largest absolute Gasteiger partial charge is 0.465 e. The molecule has 0 radical (unpaired) electrons. The number of carbonyl (C=O) groups is 2. The maximum atomic E-state index is 14.1. The summed E-state index contributed by atoms with van der Waals surface area (Å²) in [6.07, 6.45) is -5.88. The van der Waals surface area contributed by atoms with Crippen molar-refractivity contribution in [3.63, 3.8) is 0 Å². The number of methoxy groups -OCH3 is 1. The van der Waals surface area contributed by atoms with Crippen molar-refractivity contribution in [1.82, 2.24) is 0 Å². The molecule has 0 heterocycles. The number of benzene rings is 2. The second kappa shape index (κ2) is 12.3. The third-order valence-electron chi connectivity index (χ3n) is 5.67. The Bertz CT molecular complexity index is 1180. The van der Waals surface area contributed by atoms with Crippen molar-refractivity contribution in [2.75, 3.05) is 12.4 Å². The molecule has 0 fully saturated rings. The van der Waals surface area contributed by atoms with Gasteiger partial charge < -0.3 is 14.9 Å². The summed E-state index contributed by atoms with van der Waals surface area (Å²) in [7, 11) is 1.26. The minimum absolute atomic E-state index is 0.0975. The van der Waals surface area contributed by atoms with E-state index < -0.39 is 64.4 Å². The molecular weight excluding hydrogens is 525 g/mol. The molecule has 2 unspecified atom stereocenters. The third kappa shape index (κ3) is 7.01. The maximum absolute atomic E-state index is 14.1. The first kappa shape index (κ1) is 30.6. The molecule has 2 aromatic rings. The summed E-state index contributed by atoms with van der Waals surface area (Å²) in [4.78, 5) is 29.3. The fourth-order valence-electron chi connectivity index (χ4n) is 3.37. The highest BCUT2D eigenvalue weighted by Crippen LogP contribution is 2.38. The van der Waals surface area contributed by atoms with E-state index in [1.807, 2.05) is 6.92 Å². The molecule has 0 aromatic heterocycles. The lowest BCUT2D eigenvalue weighted by molar-refractivity contribution is -0.143. The second-order valence-electron chi connectivity index (χ2n) is 8.77. The summed E-state index contributed by atoms with van der Waals surface area (Å²) in [5.74, 6) is -12.3. The monoisotopic (exact) mass is 550 g/mol. The van der Waals surface area contributed by atoms with Gasteiger partial charge in [-0.25, -0.2) is 22.4 Å². The molecule has 2 aromatic carbocycles. The van der Waals surface area contributed by atoms with Crippen LogP contribution in [0.15, 0.2) is 29.4 Å². The van der Waals surface area contributed by atoms with Gasteiger partial charge in [-0.15, -0.1) is 0 Å². The number of halogens is 7. The van der Waals surface area contributed by atoms with Crippen LogP contribution in [-0.4, -0.2) is 30.8 Å². The Kier molecular flexibility index (Phi) is 9.87. The van der Waals surface area contributed by atoms with E-state index in [4.69, 9.17) is 4.84 Å². The van der Waals surface area contributed by atoms with Gasteiger partial charge in [0.05, 0.1) is 12.7 Å². The van der Waals surface area contributed by atoms with E-state index in [1.54, 1.807) is 38.1 Å². The zero-order valence-electron chi connectivity index (χ0n) is 21.0. The SMILES string of the molecule is COC(=O)c1ccc(C(C)CC(O/N=C(\C)C(=O)Nc2c(F)c(F)c(C(F)(F)F)c(F)c2F)C(C)C)cc1. The molecule has 0 aliphatic heterocycles. The van der Waals surface area contributed by atoms with Crippen LogP contribution in [0.5, 0.6) is 0 Å². The minimum atomic E-state index is -5.71. The van der Waals surface area contributed by atoms with Gasteiger partial charge in [-0.2, -0.15) is 13.2 Å². The number of esters is 1. The molecule has 0 spiro atoms. The van der Waals surface area contributed by atoms with Crippen LogP contribution in [0.4, 0.5) is 36.4 Å². The molecule has 6 nitrogen and oxygen atoms in total. The Morgan fingerprint density at radius 1 is 0.947 bits per heavy atom. The number of alkyl halides is 3. The molecule has 1 N–H and O–H groups in total. The number of hydrogen-bond donors (Lipinski definition) is 1. The average Bonchev–Trinajstić information content (AvgIpc) is 2.85. The van der Waals surface area contributed by atoms with E-state index >= 15 is 0 Å². The molecule has 0 saturated carbocycles. The maximum Gasteiger partial charge on any atom is 0.422 e. The minimum Gasteiger partial charge on any atom is -0.465 e. The Morgan fingerprint density at radius 2 is 1.47 bits per heavy atom. The summed E-state index contributed by atoms with van der Waals surface area (Å²) in [6, 6.07) is 6.67. The molecule has 2 atom stereocenters. The van der Waals surface area contributed by atoms with E-state index in [-0.39, 0.29) is 11.8 Å². The van der Waals surface area contributed by atoms with Gasteiger partial charge in [0, 0.05) is 0 Å². The zero-order chi connectivity index (χ0) is 28.9. The fraction of sp³-hybridized carbons (Fsp3) is 0.400. The topological polar surface area (TPSA) is 77.0 Å². The lowest BCUT2D eigenvalue weighted by Crippen LogP contribution is -2.26. The lowest BCUT2D eigenvalue weighted by atomic mass is 9.90. The van der Waals surface area contributed by atoms with Gasteiger partial charge in [0.15, 0.2) is 23.3 Å². The Hall–Kier alpha value is -3.64. The molecule has 208 valence electrons. The molecule has 1 amide bonds. The third-order valence-corrected chi connectivity index (χ3v) is 5.67. The van der Waals surface area contributed by atoms with Crippen molar-refractivity contribution in [2.45, 2.75) is 52.3 Å². The summed E-state index contributed by atoms with van der Waals surface area (Å²) >= 11 is 0. The standard InChI is InChI=1S/C25H25F7N2O4/c1-11(2)16(10-12(3)14-6-8-15(9-7-14)24(36)37-5)38-34-13(4)23(35)33-22-20(28)18(26)17(25(30,31)32)19(27)21(22)29/h6-9,11-12,16H,10H2,1-5H3,(H,33,35)/b34-13+. The highest BCUT2D eigenvalue weighted by atomic mass is 19.4. The van der Waals surface area contributed by atoms with Crippen molar-refractivity contribution in [1.29, 1.82) is 0 Å². The number of oxime groups is 1. The van der Waals surface area contributed by atoms with Crippen LogP contribution >= 0.6 is 0 Å². The van der Waals surface area contributed by atoms with E-state index in [0.717, 1.165) is 12.5 Å². The van der Waals surface area contributed by atoms with Gasteiger partial charge in [0.2, 0.25) is 0 Å². The van der Waals surface area contributed by atoms with Gasteiger partial charge in [-0.05, 0) is 42.9 Å². The fourth-order valence-corrected chi connectivity index (χ4v) is 3.37. The van der Waals surface area contributed by atoms with Crippen LogP contribution in [0.1, 0.15) is 61.5 Å². The number of nitrogens with zero attached hydrogens (tertiary/aromatic N) is 1. The number of anilines is 1. The van der Waals surface area contributed by atoms with Crippen LogP contribution in [0.25, 0.3) is 0 Å². The average molecular weight is 550 g/mol. The summed E-state index contributed by atoms with van der Waals surface area (Å²) < 4.78 is 98.6. The smallest absolute Gasteiger partial charge is 0.422 e. The van der Waals surface area contributed by atoms with Gasteiger partial charge >= 0.3 is 12.1 Å². The zero-order valence-corrected chi connectivity index (χ0v) is 21.0.